The third-order valence-corrected chi connectivity index (χ3v) is 6.26. The predicted octanol–water partition coefficient (Wildman–Crippen LogP) is 3.07. The topological polar surface area (TPSA) is 47.0 Å². The maximum absolute atomic E-state index is 13.8. The van der Waals surface area contributed by atoms with E-state index >= 15 is 0 Å². The van der Waals surface area contributed by atoms with E-state index < -0.39 is 25.3 Å². The summed E-state index contributed by atoms with van der Waals surface area (Å²) in [5.41, 5.74) is 0.438. The molecule has 0 unspecified atom stereocenters. The summed E-state index contributed by atoms with van der Waals surface area (Å²) >= 11 is 0.797. The number of alkyl halides is 2. The summed E-state index contributed by atoms with van der Waals surface area (Å²) < 4.78 is 51.5. The summed E-state index contributed by atoms with van der Waals surface area (Å²) in [4.78, 5) is 3.81. The zero-order valence-electron chi connectivity index (χ0n) is 9.14. The highest BCUT2D eigenvalue weighted by Gasteiger charge is 2.58. The van der Waals surface area contributed by atoms with Crippen molar-refractivity contribution in [2.45, 2.75) is 22.4 Å². The number of benzene rings is 1. The van der Waals surface area contributed by atoms with Crippen molar-refractivity contribution < 1.29 is 17.2 Å². The number of sulfone groups is 1. The molecule has 1 aromatic heterocycles. The lowest BCUT2D eigenvalue weighted by Gasteiger charge is -2.13. The van der Waals surface area contributed by atoms with Crippen LogP contribution in [0.25, 0.3) is 10.2 Å². The van der Waals surface area contributed by atoms with E-state index in [0.717, 1.165) is 11.3 Å². The normalized spacial score (nSPS) is 17.2. The number of fused-ring (bicyclic) bond motifs is 1. The van der Waals surface area contributed by atoms with Crippen molar-refractivity contribution in [3.63, 3.8) is 0 Å². The van der Waals surface area contributed by atoms with Crippen molar-refractivity contribution in [3.8, 4) is 0 Å². The Morgan fingerprint density at radius 2 is 1.94 bits per heavy atom. The van der Waals surface area contributed by atoms with Crippen LogP contribution >= 0.6 is 11.3 Å². The van der Waals surface area contributed by atoms with Gasteiger partial charge in [0.15, 0.2) is 0 Å². The van der Waals surface area contributed by atoms with Crippen LogP contribution < -0.4 is 0 Å². The van der Waals surface area contributed by atoms with Crippen molar-refractivity contribution in [1.29, 1.82) is 0 Å². The Bertz CT molecular complexity index is 672. The number of rotatable bonds is 3. The monoisotopic (exact) mass is 289 g/mol. The summed E-state index contributed by atoms with van der Waals surface area (Å²) in [5, 5.41) is -3.69. The highest BCUT2D eigenvalue weighted by Crippen LogP contribution is 2.49. The van der Waals surface area contributed by atoms with Crippen molar-refractivity contribution in [2.24, 2.45) is 5.92 Å². The van der Waals surface area contributed by atoms with Crippen LogP contribution in [0.3, 0.4) is 0 Å². The van der Waals surface area contributed by atoms with Gasteiger partial charge in [-0.05, 0) is 25.0 Å². The molecule has 3 rings (SSSR count). The largest absolute Gasteiger partial charge is 0.355 e. The molecular weight excluding hydrogens is 280 g/mol. The molecule has 0 radical (unpaired) electrons. The van der Waals surface area contributed by atoms with E-state index in [1.165, 1.54) is 0 Å². The second-order valence-electron chi connectivity index (χ2n) is 4.29. The van der Waals surface area contributed by atoms with Gasteiger partial charge >= 0.3 is 5.25 Å². The number of hydrogen-bond acceptors (Lipinski definition) is 4. The number of halogens is 2. The number of nitrogens with zero attached hydrogens (tertiary/aromatic N) is 1. The zero-order chi connectivity index (χ0) is 13.0. The van der Waals surface area contributed by atoms with Crippen LogP contribution in [-0.2, 0) is 9.84 Å². The molecule has 1 fully saturated rings. The van der Waals surface area contributed by atoms with Crippen molar-refractivity contribution in [2.75, 3.05) is 0 Å². The Kier molecular flexibility index (Phi) is 2.47. The van der Waals surface area contributed by atoms with E-state index in [-0.39, 0.29) is 12.8 Å². The zero-order valence-corrected chi connectivity index (χ0v) is 10.8. The van der Waals surface area contributed by atoms with Crippen molar-refractivity contribution in [1.82, 2.24) is 4.98 Å². The second-order valence-corrected chi connectivity index (χ2v) is 7.51. The predicted molar refractivity (Wildman–Crippen MR) is 64.5 cm³/mol. The molecule has 1 heterocycles. The lowest BCUT2D eigenvalue weighted by molar-refractivity contribution is 0.0674. The third kappa shape index (κ3) is 1.65. The Balaban J connectivity index is 2.13. The van der Waals surface area contributed by atoms with Gasteiger partial charge in [0.25, 0.3) is 9.84 Å². The Morgan fingerprint density at radius 1 is 1.28 bits per heavy atom. The molecule has 18 heavy (non-hydrogen) atoms. The fourth-order valence-electron chi connectivity index (χ4n) is 1.72. The first-order valence-electron chi connectivity index (χ1n) is 5.41. The highest BCUT2D eigenvalue weighted by atomic mass is 32.2. The molecule has 1 aliphatic rings. The maximum Gasteiger partial charge on any atom is 0.355 e. The van der Waals surface area contributed by atoms with Crippen LogP contribution in [0.2, 0.25) is 0 Å². The molecule has 1 aromatic carbocycles. The van der Waals surface area contributed by atoms with Gasteiger partial charge in [0.1, 0.15) is 0 Å². The molecule has 0 bridgehead atoms. The average Bonchev–Trinajstić information content (AvgIpc) is 3.08. The first kappa shape index (κ1) is 12.0. The number of thiazole rings is 1. The van der Waals surface area contributed by atoms with E-state index in [0.29, 0.717) is 10.2 Å². The molecule has 0 spiro atoms. The molecule has 7 heteroatoms. The average molecular weight is 289 g/mol. The molecule has 2 aromatic rings. The fourth-order valence-corrected chi connectivity index (χ4v) is 4.59. The van der Waals surface area contributed by atoms with Crippen LogP contribution in [0, 0.1) is 5.92 Å². The molecule has 3 nitrogen and oxygen atoms in total. The maximum atomic E-state index is 13.8. The van der Waals surface area contributed by atoms with Crippen LogP contribution in [0.15, 0.2) is 28.6 Å². The van der Waals surface area contributed by atoms with Crippen molar-refractivity contribution in [3.05, 3.63) is 24.3 Å². The molecular formula is C11H9F2NO2S2. The Hall–Kier alpha value is -1.08. The first-order valence-corrected chi connectivity index (χ1v) is 7.71. The minimum absolute atomic E-state index is 0.261. The fraction of sp³-hybridized carbons (Fsp3) is 0.364. The Labute approximate surface area is 106 Å². The summed E-state index contributed by atoms with van der Waals surface area (Å²) in [7, 11) is -4.66. The standard InChI is InChI=1S/C11H9F2NO2S2/c12-11(13,7-5-6-7)18(15,16)10-14-8-3-1-2-4-9(8)17-10/h1-4,7H,5-6H2. The Morgan fingerprint density at radius 3 is 2.56 bits per heavy atom. The van der Waals surface area contributed by atoms with Crippen LogP contribution in [0.5, 0.6) is 0 Å². The molecule has 0 amide bonds. The van der Waals surface area contributed by atoms with Gasteiger partial charge in [-0.2, -0.15) is 8.78 Å². The molecule has 0 N–H and O–H groups in total. The van der Waals surface area contributed by atoms with E-state index in [4.69, 9.17) is 0 Å². The minimum Gasteiger partial charge on any atom is -0.225 e. The van der Waals surface area contributed by atoms with Crippen LogP contribution in [-0.4, -0.2) is 18.7 Å². The summed E-state index contributed by atoms with van der Waals surface area (Å²) in [6.45, 7) is 0. The third-order valence-electron chi connectivity index (χ3n) is 2.92. The minimum atomic E-state index is -4.66. The number of aromatic nitrogens is 1. The summed E-state index contributed by atoms with van der Waals surface area (Å²) in [5.74, 6) is -1.05. The molecule has 1 saturated carbocycles. The van der Waals surface area contributed by atoms with Crippen LogP contribution in [0.4, 0.5) is 8.78 Å². The van der Waals surface area contributed by atoms with Gasteiger partial charge < -0.3 is 0 Å². The van der Waals surface area contributed by atoms with E-state index in [2.05, 4.69) is 4.98 Å². The molecule has 0 saturated heterocycles. The number of para-hydroxylation sites is 1. The van der Waals surface area contributed by atoms with E-state index in [1.807, 2.05) is 0 Å². The lowest BCUT2D eigenvalue weighted by Crippen LogP contribution is -2.31. The second kappa shape index (κ2) is 3.71. The molecule has 1 aliphatic carbocycles. The summed E-state index contributed by atoms with van der Waals surface area (Å²) in [6, 6.07) is 6.69. The smallest absolute Gasteiger partial charge is 0.225 e. The van der Waals surface area contributed by atoms with Gasteiger partial charge in [-0.1, -0.05) is 12.1 Å². The molecule has 0 atom stereocenters. The number of hydrogen-bond donors (Lipinski definition) is 0. The van der Waals surface area contributed by atoms with Crippen LogP contribution in [0.1, 0.15) is 12.8 Å². The lowest BCUT2D eigenvalue weighted by atomic mass is 10.3. The van der Waals surface area contributed by atoms with Gasteiger partial charge in [0.2, 0.25) is 4.34 Å². The van der Waals surface area contributed by atoms with Gasteiger partial charge in [-0.15, -0.1) is 11.3 Å². The van der Waals surface area contributed by atoms with Crippen molar-refractivity contribution >= 4 is 31.4 Å². The van der Waals surface area contributed by atoms with Gasteiger partial charge in [0.05, 0.1) is 10.2 Å². The molecule has 96 valence electrons. The first-order chi connectivity index (χ1) is 8.43. The van der Waals surface area contributed by atoms with Gasteiger partial charge in [-0.3, -0.25) is 0 Å². The van der Waals surface area contributed by atoms with Gasteiger partial charge in [-0.25, -0.2) is 13.4 Å². The molecule has 0 aliphatic heterocycles. The quantitative estimate of drug-likeness (QED) is 0.872. The summed E-state index contributed by atoms with van der Waals surface area (Å²) in [6.07, 6.45) is 0.522. The van der Waals surface area contributed by atoms with E-state index in [9.17, 15) is 17.2 Å². The SMILES string of the molecule is O=S(=O)(c1nc2ccccc2s1)C(F)(F)C1CC1. The highest BCUT2D eigenvalue weighted by molar-refractivity contribution is 7.94. The van der Waals surface area contributed by atoms with Gasteiger partial charge in [0, 0.05) is 5.92 Å². The van der Waals surface area contributed by atoms with E-state index in [1.54, 1.807) is 24.3 Å².